The SMILES string of the molecule is CCOC(=O)C1=C(CN2CCc3ccccc32)NC(=O)N[C@H]1c1ccc(OC(C)C)cc1. The number of amides is 2. The second-order valence-electron chi connectivity index (χ2n) is 8.18. The fourth-order valence-electron chi connectivity index (χ4n) is 4.22. The Morgan fingerprint density at radius 1 is 1.16 bits per heavy atom. The molecule has 7 nitrogen and oxygen atoms in total. The van der Waals surface area contributed by atoms with Crippen molar-refractivity contribution in [1.29, 1.82) is 0 Å². The van der Waals surface area contributed by atoms with Crippen LogP contribution in [0, 0.1) is 0 Å². The number of rotatable bonds is 7. The lowest BCUT2D eigenvalue weighted by Crippen LogP contribution is -2.48. The molecule has 7 heteroatoms. The molecule has 4 rings (SSSR count). The van der Waals surface area contributed by atoms with Gasteiger partial charge in [0.05, 0.1) is 36.6 Å². The van der Waals surface area contributed by atoms with Gasteiger partial charge in [0.2, 0.25) is 0 Å². The van der Waals surface area contributed by atoms with Crippen LogP contribution in [0.3, 0.4) is 0 Å². The van der Waals surface area contributed by atoms with Gasteiger partial charge in [-0.2, -0.15) is 0 Å². The number of fused-ring (bicyclic) bond motifs is 1. The average molecular weight is 436 g/mol. The Kier molecular flexibility index (Phi) is 6.35. The molecule has 0 radical (unpaired) electrons. The van der Waals surface area contributed by atoms with Crippen molar-refractivity contribution >= 4 is 17.7 Å². The third-order valence-electron chi connectivity index (χ3n) is 5.57. The molecule has 0 unspecified atom stereocenters. The van der Waals surface area contributed by atoms with Gasteiger partial charge in [0, 0.05) is 12.2 Å². The highest BCUT2D eigenvalue weighted by Gasteiger charge is 2.35. The number of nitrogens with one attached hydrogen (secondary N) is 2. The molecular weight excluding hydrogens is 406 g/mol. The van der Waals surface area contributed by atoms with E-state index in [-0.39, 0.29) is 18.7 Å². The minimum Gasteiger partial charge on any atom is -0.491 e. The number of hydrogen-bond acceptors (Lipinski definition) is 5. The lowest BCUT2D eigenvalue weighted by atomic mass is 9.95. The molecule has 0 fully saturated rings. The van der Waals surface area contributed by atoms with Gasteiger partial charge >= 0.3 is 12.0 Å². The quantitative estimate of drug-likeness (QED) is 0.648. The number of urea groups is 1. The first-order valence-corrected chi connectivity index (χ1v) is 11.0. The number of hydrogen-bond donors (Lipinski definition) is 2. The molecule has 0 saturated carbocycles. The summed E-state index contributed by atoms with van der Waals surface area (Å²) >= 11 is 0. The molecule has 2 aliphatic heterocycles. The summed E-state index contributed by atoms with van der Waals surface area (Å²) in [6.45, 7) is 7.20. The van der Waals surface area contributed by atoms with Gasteiger partial charge in [0.1, 0.15) is 5.75 Å². The molecule has 32 heavy (non-hydrogen) atoms. The number of anilines is 1. The van der Waals surface area contributed by atoms with Crippen LogP contribution in [-0.4, -0.2) is 37.8 Å². The van der Waals surface area contributed by atoms with E-state index in [1.807, 2.05) is 50.2 Å². The summed E-state index contributed by atoms with van der Waals surface area (Å²) in [6.07, 6.45) is 0.995. The smallest absolute Gasteiger partial charge is 0.338 e. The predicted molar refractivity (Wildman–Crippen MR) is 123 cm³/mol. The number of benzene rings is 2. The minimum atomic E-state index is -0.608. The second-order valence-corrected chi connectivity index (χ2v) is 8.18. The number of esters is 1. The topological polar surface area (TPSA) is 79.9 Å². The monoisotopic (exact) mass is 435 g/mol. The Balaban J connectivity index is 1.69. The van der Waals surface area contributed by atoms with Crippen LogP contribution in [-0.2, 0) is 16.0 Å². The number of nitrogens with zero attached hydrogens (tertiary/aromatic N) is 1. The Hall–Kier alpha value is -3.48. The first kappa shape index (κ1) is 21.7. The highest BCUT2D eigenvalue weighted by Crippen LogP contribution is 2.32. The third-order valence-corrected chi connectivity index (χ3v) is 5.57. The lowest BCUT2D eigenvalue weighted by molar-refractivity contribution is -0.139. The Morgan fingerprint density at radius 3 is 2.62 bits per heavy atom. The first-order valence-electron chi connectivity index (χ1n) is 11.0. The van der Waals surface area contributed by atoms with Crippen LogP contribution in [0.25, 0.3) is 0 Å². The van der Waals surface area contributed by atoms with Crippen molar-refractivity contribution in [2.75, 3.05) is 24.6 Å². The van der Waals surface area contributed by atoms with Gasteiger partial charge in [-0.15, -0.1) is 0 Å². The van der Waals surface area contributed by atoms with E-state index >= 15 is 0 Å². The zero-order valence-electron chi connectivity index (χ0n) is 18.7. The van der Waals surface area contributed by atoms with Gasteiger partial charge in [-0.3, -0.25) is 0 Å². The van der Waals surface area contributed by atoms with Gasteiger partial charge in [-0.05, 0) is 56.5 Å². The van der Waals surface area contributed by atoms with Crippen molar-refractivity contribution in [2.45, 2.75) is 39.3 Å². The molecule has 0 bridgehead atoms. The maximum Gasteiger partial charge on any atom is 0.338 e. The summed E-state index contributed by atoms with van der Waals surface area (Å²) in [5, 5.41) is 5.75. The van der Waals surface area contributed by atoms with E-state index in [1.54, 1.807) is 6.92 Å². The van der Waals surface area contributed by atoms with E-state index < -0.39 is 12.0 Å². The number of para-hydroxylation sites is 1. The van der Waals surface area contributed by atoms with Crippen molar-refractivity contribution in [3.63, 3.8) is 0 Å². The molecule has 0 aliphatic carbocycles. The van der Waals surface area contributed by atoms with Crippen LogP contribution in [0.1, 0.15) is 37.9 Å². The van der Waals surface area contributed by atoms with Crippen LogP contribution in [0.2, 0.25) is 0 Å². The number of ether oxygens (including phenoxy) is 2. The molecule has 1 atom stereocenters. The van der Waals surface area contributed by atoms with E-state index in [9.17, 15) is 9.59 Å². The highest BCUT2D eigenvalue weighted by atomic mass is 16.5. The molecule has 2 aromatic rings. The maximum atomic E-state index is 13.0. The summed E-state index contributed by atoms with van der Waals surface area (Å²) in [5.41, 5.74) is 4.18. The summed E-state index contributed by atoms with van der Waals surface area (Å²) in [4.78, 5) is 27.8. The van der Waals surface area contributed by atoms with Crippen LogP contribution in [0.15, 0.2) is 59.8 Å². The molecule has 0 saturated heterocycles. The maximum absolute atomic E-state index is 13.0. The molecule has 2 aliphatic rings. The Bertz CT molecular complexity index is 1030. The van der Waals surface area contributed by atoms with Gasteiger partial charge in [-0.25, -0.2) is 9.59 Å². The minimum absolute atomic E-state index is 0.0596. The van der Waals surface area contributed by atoms with Gasteiger partial charge in [0.25, 0.3) is 0 Å². The predicted octanol–water partition coefficient (Wildman–Crippen LogP) is 3.71. The third kappa shape index (κ3) is 4.56. The van der Waals surface area contributed by atoms with E-state index in [4.69, 9.17) is 9.47 Å². The molecule has 2 N–H and O–H groups in total. The van der Waals surface area contributed by atoms with Crippen molar-refractivity contribution in [3.8, 4) is 5.75 Å². The van der Waals surface area contributed by atoms with E-state index in [2.05, 4.69) is 27.7 Å². The van der Waals surface area contributed by atoms with Crippen molar-refractivity contribution in [3.05, 3.63) is 70.9 Å². The second kappa shape index (κ2) is 9.34. The molecule has 2 heterocycles. The van der Waals surface area contributed by atoms with E-state index in [0.717, 1.165) is 30.0 Å². The van der Waals surface area contributed by atoms with Gasteiger partial charge in [-0.1, -0.05) is 30.3 Å². The molecule has 0 aromatic heterocycles. The summed E-state index contributed by atoms with van der Waals surface area (Å²) < 4.78 is 11.1. The highest BCUT2D eigenvalue weighted by molar-refractivity contribution is 5.95. The van der Waals surface area contributed by atoms with E-state index in [1.165, 1.54) is 5.56 Å². The molecule has 168 valence electrons. The van der Waals surface area contributed by atoms with Crippen LogP contribution >= 0.6 is 0 Å². The normalized spacial score (nSPS) is 17.7. The van der Waals surface area contributed by atoms with Crippen LogP contribution in [0.5, 0.6) is 5.75 Å². The summed E-state index contributed by atoms with van der Waals surface area (Å²) in [7, 11) is 0. The number of carbonyl (C=O) groups excluding carboxylic acids is 2. The molecule has 2 amide bonds. The Morgan fingerprint density at radius 2 is 1.91 bits per heavy atom. The van der Waals surface area contributed by atoms with Crippen molar-refractivity contribution < 1.29 is 19.1 Å². The lowest BCUT2D eigenvalue weighted by Gasteiger charge is -2.32. The number of carbonyl (C=O) groups is 2. The van der Waals surface area contributed by atoms with Crippen LogP contribution in [0.4, 0.5) is 10.5 Å². The van der Waals surface area contributed by atoms with Gasteiger partial charge < -0.3 is 25.0 Å². The molecule has 0 spiro atoms. The van der Waals surface area contributed by atoms with Crippen LogP contribution < -0.4 is 20.3 Å². The zero-order valence-corrected chi connectivity index (χ0v) is 18.7. The Labute approximate surface area is 188 Å². The van der Waals surface area contributed by atoms with E-state index in [0.29, 0.717) is 17.8 Å². The molecular formula is C25H29N3O4. The van der Waals surface area contributed by atoms with Crippen molar-refractivity contribution in [2.24, 2.45) is 0 Å². The van der Waals surface area contributed by atoms with Gasteiger partial charge in [0.15, 0.2) is 0 Å². The summed E-state index contributed by atoms with van der Waals surface area (Å²) in [6, 6.07) is 14.7. The fraction of sp³-hybridized carbons (Fsp3) is 0.360. The van der Waals surface area contributed by atoms with Crippen molar-refractivity contribution in [1.82, 2.24) is 10.6 Å². The first-order chi connectivity index (χ1) is 15.5. The molecule has 2 aromatic carbocycles. The fourth-order valence-corrected chi connectivity index (χ4v) is 4.22. The standard InChI is InChI=1S/C25H29N3O4/c1-4-31-24(29)22-20(15-28-14-13-17-7-5-6-8-21(17)28)26-25(30)27-23(22)18-9-11-19(12-10-18)32-16(2)3/h5-12,16,23H,4,13-15H2,1-3H3,(H2,26,27,30)/t23-/m0/s1. The summed E-state index contributed by atoms with van der Waals surface area (Å²) in [5.74, 6) is 0.301. The average Bonchev–Trinajstić information content (AvgIpc) is 3.16. The largest absolute Gasteiger partial charge is 0.491 e. The zero-order chi connectivity index (χ0) is 22.7.